The number of piperidine rings is 1. The Bertz CT molecular complexity index is 1500. The highest BCUT2D eigenvalue weighted by atomic mass is 19.4. The Hall–Kier alpha value is -4.39. The third-order valence-electron chi connectivity index (χ3n) is 8.78. The van der Waals surface area contributed by atoms with Crippen LogP contribution in [0.3, 0.4) is 0 Å². The fourth-order valence-electron chi connectivity index (χ4n) is 6.13. The third kappa shape index (κ3) is 7.14. The molecule has 5 rings (SSSR count). The zero-order chi connectivity index (χ0) is 32.4. The van der Waals surface area contributed by atoms with Gasteiger partial charge in [-0.2, -0.15) is 23.1 Å². The maximum absolute atomic E-state index is 14.3. The van der Waals surface area contributed by atoms with E-state index in [-0.39, 0.29) is 28.7 Å². The average Bonchev–Trinajstić information content (AvgIpc) is 3.44. The van der Waals surface area contributed by atoms with Crippen molar-refractivity contribution < 1.29 is 32.6 Å². The summed E-state index contributed by atoms with van der Waals surface area (Å²) in [5.41, 5.74) is 7.62. The fraction of sp³-hybridized carbons (Fsp3) is 0.438. The van der Waals surface area contributed by atoms with E-state index < -0.39 is 24.3 Å². The van der Waals surface area contributed by atoms with Crippen molar-refractivity contribution in [3.8, 4) is 17.0 Å². The Morgan fingerprint density at radius 1 is 1.07 bits per heavy atom. The Balaban J connectivity index is 1.29. The van der Waals surface area contributed by atoms with E-state index in [0.717, 1.165) is 5.56 Å². The van der Waals surface area contributed by atoms with E-state index in [1.54, 1.807) is 41.3 Å². The number of nitrogens with two attached hydrogens (primary N) is 1. The number of carboxylic acids is 1. The van der Waals surface area contributed by atoms with Gasteiger partial charge in [-0.25, -0.2) is 0 Å². The van der Waals surface area contributed by atoms with Gasteiger partial charge in [-0.1, -0.05) is 36.4 Å². The standard InChI is InChI=1S/C32H37F3N6O4/c1-3-40(4-2)28(42)23-11-7-21(8-12-23)20-5-9-22(10-6-20)27(32(33,34)35)45-26-17-25(38-30(36)39-26)41-15-13-31(14-16-41)18-24(29(43)44)37-19-31/h5-12,17,24,27,37H,3-4,13-16,18-19H2,1-2H3,(H,43,44)(H2,36,38,39)/t24?,27-/m1/s1. The molecule has 45 heavy (non-hydrogen) atoms. The number of aromatic nitrogens is 2. The molecule has 0 saturated carbocycles. The molecule has 0 bridgehead atoms. The molecule has 1 spiro atoms. The minimum atomic E-state index is -4.75. The molecule has 2 aromatic carbocycles. The first-order valence-electron chi connectivity index (χ1n) is 15.0. The van der Waals surface area contributed by atoms with E-state index in [1.165, 1.54) is 18.2 Å². The summed E-state index contributed by atoms with van der Waals surface area (Å²) in [5.74, 6) is -1.11. The molecule has 1 amide bonds. The molecule has 2 saturated heterocycles. The van der Waals surface area contributed by atoms with Gasteiger partial charge in [0.1, 0.15) is 11.9 Å². The largest absolute Gasteiger partial charge is 0.480 e. The molecule has 240 valence electrons. The van der Waals surface area contributed by atoms with Crippen LogP contribution in [0.1, 0.15) is 55.1 Å². The van der Waals surface area contributed by atoms with E-state index >= 15 is 0 Å². The normalized spacial score (nSPS) is 18.5. The average molecular weight is 627 g/mol. The maximum atomic E-state index is 14.3. The van der Waals surface area contributed by atoms with Crippen LogP contribution in [0.15, 0.2) is 54.6 Å². The van der Waals surface area contributed by atoms with Gasteiger partial charge in [-0.15, -0.1) is 0 Å². The summed E-state index contributed by atoms with van der Waals surface area (Å²) in [7, 11) is 0. The summed E-state index contributed by atoms with van der Waals surface area (Å²) >= 11 is 0. The summed E-state index contributed by atoms with van der Waals surface area (Å²) < 4.78 is 48.3. The van der Waals surface area contributed by atoms with Crippen molar-refractivity contribution in [2.24, 2.45) is 5.41 Å². The number of benzene rings is 2. The highest BCUT2D eigenvalue weighted by Crippen LogP contribution is 2.41. The molecule has 10 nitrogen and oxygen atoms in total. The van der Waals surface area contributed by atoms with E-state index in [2.05, 4.69) is 15.3 Å². The lowest BCUT2D eigenvalue weighted by Crippen LogP contribution is -2.41. The molecule has 13 heteroatoms. The van der Waals surface area contributed by atoms with Crippen molar-refractivity contribution in [3.63, 3.8) is 0 Å². The van der Waals surface area contributed by atoms with E-state index in [0.29, 0.717) is 68.9 Å². The van der Waals surface area contributed by atoms with Crippen LogP contribution < -0.4 is 20.7 Å². The molecular weight excluding hydrogens is 589 g/mol. The Morgan fingerprint density at radius 2 is 1.67 bits per heavy atom. The summed E-state index contributed by atoms with van der Waals surface area (Å²) in [5, 5.41) is 12.4. The van der Waals surface area contributed by atoms with Gasteiger partial charge in [-0.3, -0.25) is 9.59 Å². The van der Waals surface area contributed by atoms with Crippen LogP contribution in [0.25, 0.3) is 11.1 Å². The molecule has 1 aromatic heterocycles. The molecule has 3 aromatic rings. The number of halogens is 3. The zero-order valence-corrected chi connectivity index (χ0v) is 25.2. The van der Waals surface area contributed by atoms with Crippen molar-refractivity contribution in [1.82, 2.24) is 20.2 Å². The summed E-state index contributed by atoms with van der Waals surface area (Å²) in [4.78, 5) is 35.8. The third-order valence-corrected chi connectivity index (χ3v) is 8.78. The molecule has 2 fully saturated rings. The van der Waals surface area contributed by atoms with Gasteiger partial charge in [0.15, 0.2) is 0 Å². The van der Waals surface area contributed by atoms with Crippen molar-refractivity contribution >= 4 is 23.6 Å². The number of nitrogen functional groups attached to an aromatic ring is 1. The smallest absolute Gasteiger partial charge is 0.429 e. The molecule has 2 aliphatic rings. The van der Waals surface area contributed by atoms with Gasteiger partial charge in [0.25, 0.3) is 5.91 Å². The molecule has 2 atom stereocenters. The van der Waals surface area contributed by atoms with Crippen molar-refractivity contribution in [3.05, 3.63) is 65.7 Å². The van der Waals surface area contributed by atoms with Crippen molar-refractivity contribution in [2.75, 3.05) is 43.4 Å². The first-order valence-corrected chi connectivity index (χ1v) is 15.0. The predicted molar refractivity (Wildman–Crippen MR) is 163 cm³/mol. The fourth-order valence-corrected chi connectivity index (χ4v) is 6.13. The Labute approximate surface area is 259 Å². The summed E-state index contributed by atoms with van der Waals surface area (Å²) in [6.07, 6.45) is -5.11. The molecule has 1 unspecified atom stereocenters. The number of hydrogen-bond donors (Lipinski definition) is 3. The van der Waals surface area contributed by atoms with Gasteiger partial charge in [0.05, 0.1) is 0 Å². The lowest BCUT2D eigenvalue weighted by Gasteiger charge is -2.39. The number of alkyl halides is 3. The van der Waals surface area contributed by atoms with Crippen molar-refractivity contribution in [1.29, 1.82) is 0 Å². The van der Waals surface area contributed by atoms with Crippen LogP contribution in [0.4, 0.5) is 24.9 Å². The van der Waals surface area contributed by atoms with E-state index in [1.807, 2.05) is 18.7 Å². The van der Waals surface area contributed by atoms with E-state index in [9.17, 15) is 27.9 Å². The van der Waals surface area contributed by atoms with Crippen LogP contribution in [-0.4, -0.2) is 76.8 Å². The van der Waals surface area contributed by atoms with Gasteiger partial charge >= 0.3 is 12.1 Å². The van der Waals surface area contributed by atoms with Crippen LogP contribution in [0.5, 0.6) is 5.88 Å². The summed E-state index contributed by atoms with van der Waals surface area (Å²) in [6, 6.07) is 13.6. The lowest BCUT2D eigenvalue weighted by molar-refractivity contribution is -0.198. The maximum Gasteiger partial charge on any atom is 0.429 e. The highest BCUT2D eigenvalue weighted by Gasteiger charge is 2.45. The molecule has 3 heterocycles. The van der Waals surface area contributed by atoms with E-state index in [4.69, 9.17) is 10.5 Å². The van der Waals surface area contributed by atoms with Crippen molar-refractivity contribution in [2.45, 2.75) is 51.4 Å². The number of anilines is 2. The number of carbonyl (C=O) groups excluding carboxylic acids is 1. The van der Waals surface area contributed by atoms with Crippen LogP contribution in [0.2, 0.25) is 0 Å². The Morgan fingerprint density at radius 3 is 2.20 bits per heavy atom. The molecule has 0 radical (unpaired) electrons. The predicted octanol–water partition coefficient (Wildman–Crippen LogP) is 4.92. The number of ether oxygens (including phenoxy) is 1. The first-order chi connectivity index (χ1) is 21.4. The number of amides is 1. The zero-order valence-electron chi connectivity index (χ0n) is 25.2. The van der Waals surface area contributed by atoms with Gasteiger partial charge in [0, 0.05) is 49.9 Å². The number of aliphatic carboxylic acids is 1. The number of hydrogen-bond acceptors (Lipinski definition) is 8. The minimum Gasteiger partial charge on any atom is -0.480 e. The number of carbonyl (C=O) groups is 2. The Kier molecular flexibility index (Phi) is 9.19. The lowest BCUT2D eigenvalue weighted by atomic mass is 9.76. The van der Waals surface area contributed by atoms with Crippen LogP contribution in [0, 0.1) is 5.41 Å². The van der Waals surface area contributed by atoms with Gasteiger partial charge < -0.3 is 30.7 Å². The number of rotatable bonds is 9. The monoisotopic (exact) mass is 626 g/mol. The highest BCUT2D eigenvalue weighted by molar-refractivity contribution is 5.94. The number of nitrogens with one attached hydrogen (secondary N) is 1. The van der Waals surface area contributed by atoms with Crippen LogP contribution >= 0.6 is 0 Å². The SMILES string of the molecule is CCN(CC)C(=O)c1ccc(-c2ccc([C@@H](Oc3cc(N4CCC5(CC4)CNC(C(=O)O)C5)nc(N)n3)C(F)(F)F)cc2)cc1. The molecule has 2 aliphatic heterocycles. The summed E-state index contributed by atoms with van der Waals surface area (Å²) in [6.45, 7) is 6.69. The topological polar surface area (TPSA) is 134 Å². The van der Waals surface area contributed by atoms with Crippen LogP contribution in [-0.2, 0) is 4.79 Å². The number of nitrogens with zero attached hydrogens (tertiary/aromatic N) is 4. The quantitative estimate of drug-likeness (QED) is 0.303. The first kappa shape index (κ1) is 32.0. The molecular formula is C32H37F3N6O4. The molecule has 4 N–H and O–H groups in total. The van der Waals surface area contributed by atoms with Gasteiger partial charge in [0.2, 0.25) is 17.9 Å². The number of carboxylic acid groups (broad SMARTS) is 1. The second-order valence-electron chi connectivity index (χ2n) is 11.6. The second-order valence-corrected chi connectivity index (χ2v) is 11.6. The molecule has 0 aliphatic carbocycles. The van der Waals surface area contributed by atoms with Gasteiger partial charge in [-0.05, 0) is 61.8 Å². The minimum absolute atomic E-state index is 0.0789. The second kappa shape index (κ2) is 12.9.